The van der Waals surface area contributed by atoms with Crippen LogP contribution in [-0.2, 0) is 0 Å². The van der Waals surface area contributed by atoms with Crippen molar-refractivity contribution in [1.82, 2.24) is 5.32 Å². The van der Waals surface area contributed by atoms with Gasteiger partial charge in [-0.1, -0.05) is 17.7 Å². The van der Waals surface area contributed by atoms with Crippen LogP contribution in [0.15, 0.2) is 18.2 Å². The molecule has 0 fully saturated rings. The van der Waals surface area contributed by atoms with Crippen molar-refractivity contribution in [3.8, 4) is 0 Å². The Balaban J connectivity index is 2.91. The van der Waals surface area contributed by atoms with Gasteiger partial charge in [-0.3, -0.25) is 4.90 Å². The minimum Gasteiger partial charge on any atom is -0.338 e. The second kappa shape index (κ2) is 4.82. The van der Waals surface area contributed by atoms with Gasteiger partial charge >= 0.3 is 6.03 Å². The summed E-state index contributed by atoms with van der Waals surface area (Å²) in [6.07, 6.45) is 0. The fraction of sp³-hybridized carbons (Fsp3) is 0.417. The molecule has 1 aromatic rings. The average molecular weight is 206 g/mol. The summed E-state index contributed by atoms with van der Waals surface area (Å²) in [6.45, 7) is 6.61. The van der Waals surface area contributed by atoms with Gasteiger partial charge in [0.1, 0.15) is 0 Å². The molecule has 1 rings (SSSR count). The first-order chi connectivity index (χ1) is 7.06. The van der Waals surface area contributed by atoms with Gasteiger partial charge in [-0.25, -0.2) is 4.79 Å². The van der Waals surface area contributed by atoms with Crippen LogP contribution < -0.4 is 10.2 Å². The SMILES string of the molecule is CCNC(=O)N(C)c1ccc(C)cc1C. The Labute approximate surface area is 91.1 Å². The number of amides is 2. The van der Waals surface area contributed by atoms with Crippen LogP contribution in [0.3, 0.4) is 0 Å². The third-order valence-corrected chi connectivity index (χ3v) is 2.35. The van der Waals surface area contributed by atoms with E-state index in [4.69, 9.17) is 0 Å². The van der Waals surface area contributed by atoms with Gasteiger partial charge in [-0.2, -0.15) is 0 Å². The standard InChI is InChI=1S/C12H18N2O/c1-5-13-12(15)14(4)11-7-6-9(2)8-10(11)3/h6-8H,5H2,1-4H3,(H,13,15). The topological polar surface area (TPSA) is 32.3 Å². The van der Waals surface area contributed by atoms with Gasteiger partial charge in [0.25, 0.3) is 0 Å². The minimum absolute atomic E-state index is 0.0653. The number of nitrogens with one attached hydrogen (secondary N) is 1. The Morgan fingerprint density at radius 2 is 2.07 bits per heavy atom. The van der Waals surface area contributed by atoms with Gasteiger partial charge in [0.15, 0.2) is 0 Å². The Bertz CT molecular complexity index is 361. The lowest BCUT2D eigenvalue weighted by molar-refractivity contribution is 0.248. The number of urea groups is 1. The van der Waals surface area contributed by atoms with E-state index in [1.165, 1.54) is 5.56 Å². The third-order valence-electron chi connectivity index (χ3n) is 2.35. The molecule has 0 aliphatic rings. The first-order valence-electron chi connectivity index (χ1n) is 5.15. The van der Waals surface area contributed by atoms with Crippen molar-refractivity contribution in [2.24, 2.45) is 0 Å². The summed E-state index contributed by atoms with van der Waals surface area (Å²) in [6, 6.07) is 5.99. The van der Waals surface area contributed by atoms with Crippen molar-refractivity contribution in [2.45, 2.75) is 20.8 Å². The van der Waals surface area contributed by atoms with Crippen LogP contribution in [0.5, 0.6) is 0 Å². The van der Waals surface area contributed by atoms with Crippen molar-refractivity contribution >= 4 is 11.7 Å². The Kier molecular flexibility index (Phi) is 3.72. The second-order valence-electron chi connectivity index (χ2n) is 3.68. The van der Waals surface area contributed by atoms with E-state index in [0.29, 0.717) is 6.54 Å². The molecule has 0 heterocycles. The van der Waals surface area contributed by atoms with Crippen molar-refractivity contribution in [1.29, 1.82) is 0 Å². The molecule has 0 aliphatic heterocycles. The van der Waals surface area contributed by atoms with E-state index < -0.39 is 0 Å². The number of carbonyl (C=O) groups is 1. The van der Waals surface area contributed by atoms with Crippen LogP contribution in [0, 0.1) is 13.8 Å². The highest BCUT2D eigenvalue weighted by Gasteiger charge is 2.11. The summed E-state index contributed by atoms with van der Waals surface area (Å²) in [5.41, 5.74) is 3.27. The third kappa shape index (κ3) is 2.72. The molecular formula is C12H18N2O. The molecule has 1 N–H and O–H groups in total. The molecule has 0 saturated heterocycles. The van der Waals surface area contributed by atoms with Crippen LogP contribution >= 0.6 is 0 Å². The van der Waals surface area contributed by atoms with Gasteiger partial charge in [0.2, 0.25) is 0 Å². The fourth-order valence-electron chi connectivity index (χ4n) is 1.56. The lowest BCUT2D eigenvalue weighted by atomic mass is 10.1. The normalized spacial score (nSPS) is 9.87. The van der Waals surface area contributed by atoms with Gasteiger partial charge in [0.05, 0.1) is 0 Å². The van der Waals surface area contributed by atoms with E-state index in [9.17, 15) is 4.79 Å². The Morgan fingerprint density at radius 1 is 1.40 bits per heavy atom. The smallest absolute Gasteiger partial charge is 0.321 e. The Hall–Kier alpha value is -1.51. The number of carbonyl (C=O) groups excluding carboxylic acids is 1. The molecule has 3 heteroatoms. The van der Waals surface area contributed by atoms with Crippen molar-refractivity contribution < 1.29 is 4.79 Å². The predicted molar refractivity (Wildman–Crippen MR) is 63.4 cm³/mol. The molecule has 0 unspecified atom stereocenters. The van der Waals surface area contributed by atoms with Crippen LogP contribution in [0.25, 0.3) is 0 Å². The van der Waals surface area contributed by atoms with E-state index >= 15 is 0 Å². The zero-order valence-corrected chi connectivity index (χ0v) is 9.79. The molecule has 0 atom stereocenters. The number of rotatable bonds is 2. The molecule has 0 saturated carbocycles. The number of hydrogen-bond donors (Lipinski definition) is 1. The monoisotopic (exact) mass is 206 g/mol. The summed E-state index contributed by atoms with van der Waals surface area (Å²) < 4.78 is 0. The van der Waals surface area contributed by atoms with Crippen molar-refractivity contribution in [3.63, 3.8) is 0 Å². The molecule has 3 nitrogen and oxygen atoms in total. The summed E-state index contributed by atoms with van der Waals surface area (Å²) in [4.78, 5) is 13.2. The molecule has 0 radical (unpaired) electrons. The number of hydrogen-bond acceptors (Lipinski definition) is 1. The number of benzene rings is 1. The van der Waals surface area contributed by atoms with Crippen LogP contribution in [0.4, 0.5) is 10.5 Å². The second-order valence-corrected chi connectivity index (χ2v) is 3.68. The van der Waals surface area contributed by atoms with E-state index in [-0.39, 0.29) is 6.03 Å². The number of aryl methyl sites for hydroxylation is 2. The molecule has 0 aliphatic carbocycles. The fourth-order valence-corrected chi connectivity index (χ4v) is 1.56. The zero-order chi connectivity index (χ0) is 11.4. The van der Waals surface area contributed by atoms with Gasteiger partial charge in [0, 0.05) is 19.3 Å². The molecule has 1 aromatic carbocycles. The van der Waals surface area contributed by atoms with E-state index in [1.54, 1.807) is 11.9 Å². The summed E-state index contributed by atoms with van der Waals surface area (Å²) in [5.74, 6) is 0. The van der Waals surface area contributed by atoms with Crippen molar-refractivity contribution in [3.05, 3.63) is 29.3 Å². The molecule has 82 valence electrons. The molecule has 0 bridgehead atoms. The maximum Gasteiger partial charge on any atom is 0.321 e. The average Bonchev–Trinajstić information content (AvgIpc) is 2.17. The highest BCUT2D eigenvalue weighted by Crippen LogP contribution is 2.19. The van der Waals surface area contributed by atoms with Gasteiger partial charge in [-0.15, -0.1) is 0 Å². The van der Waals surface area contributed by atoms with Crippen LogP contribution in [-0.4, -0.2) is 19.6 Å². The maximum atomic E-state index is 11.6. The molecule has 15 heavy (non-hydrogen) atoms. The van der Waals surface area contributed by atoms with E-state index in [1.807, 2.05) is 32.9 Å². The first-order valence-corrected chi connectivity index (χ1v) is 5.15. The highest BCUT2D eigenvalue weighted by atomic mass is 16.2. The maximum absolute atomic E-state index is 11.6. The minimum atomic E-state index is -0.0653. The lowest BCUT2D eigenvalue weighted by Crippen LogP contribution is -2.37. The zero-order valence-electron chi connectivity index (χ0n) is 9.79. The molecular weight excluding hydrogens is 188 g/mol. The number of nitrogens with zero attached hydrogens (tertiary/aromatic N) is 1. The van der Waals surface area contributed by atoms with E-state index in [2.05, 4.69) is 11.4 Å². The summed E-state index contributed by atoms with van der Waals surface area (Å²) >= 11 is 0. The van der Waals surface area contributed by atoms with Gasteiger partial charge < -0.3 is 5.32 Å². The Morgan fingerprint density at radius 3 is 2.60 bits per heavy atom. The van der Waals surface area contributed by atoms with Crippen molar-refractivity contribution in [2.75, 3.05) is 18.5 Å². The quantitative estimate of drug-likeness (QED) is 0.792. The molecule has 2 amide bonds. The van der Waals surface area contributed by atoms with Crippen LogP contribution in [0.1, 0.15) is 18.1 Å². The molecule has 0 aromatic heterocycles. The highest BCUT2D eigenvalue weighted by molar-refractivity contribution is 5.92. The largest absolute Gasteiger partial charge is 0.338 e. The first kappa shape index (κ1) is 11.6. The summed E-state index contributed by atoms with van der Waals surface area (Å²) in [7, 11) is 1.78. The number of anilines is 1. The van der Waals surface area contributed by atoms with Gasteiger partial charge in [-0.05, 0) is 32.4 Å². The lowest BCUT2D eigenvalue weighted by Gasteiger charge is -2.19. The molecule has 0 spiro atoms. The summed E-state index contributed by atoms with van der Waals surface area (Å²) in [5, 5.41) is 2.77. The predicted octanol–water partition coefficient (Wildman–Crippen LogP) is 2.47. The van der Waals surface area contributed by atoms with Crippen LogP contribution in [0.2, 0.25) is 0 Å². The van der Waals surface area contributed by atoms with E-state index in [0.717, 1.165) is 11.3 Å².